The Morgan fingerprint density at radius 3 is 2.15 bits per heavy atom. The zero-order valence-corrected chi connectivity index (χ0v) is 18.1. The maximum atomic E-state index is 15.1. The number of H-pyrrole nitrogens is 1. The van der Waals surface area contributed by atoms with E-state index >= 15 is 4.39 Å². The van der Waals surface area contributed by atoms with Gasteiger partial charge in [-0.15, -0.1) is 0 Å². The fourth-order valence-corrected chi connectivity index (χ4v) is 4.60. The SMILES string of the molecule is O=S(=O)(Nc1ccc(F)cc1)c1ccc(-c2ncnc3[nH]c(-c4ccc(F)cc4)cc23)c(F)c1. The van der Waals surface area contributed by atoms with Crippen LogP contribution in [0.15, 0.2) is 84.0 Å². The van der Waals surface area contributed by atoms with Gasteiger partial charge in [0.25, 0.3) is 10.0 Å². The van der Waals surface area contributed by atoms with Gasteiger partial charge in [0.15, 0.2) is 0 Å². The Morgan fingerprint density at radius 2 is 1.47 bits per heavy atom. The van der Waals surface area contributed by atoms with E-state index in [-0.39, 0.29) is 27.7 Å². The molecule has 5 rings (SSSR count). The molecule has 0 spiro atoms. The molecular weight excluding hydrogens is 465 g/mol. The van der Waals surface area contributed by atoms with E-state index in [2.05, 4.69) is 19.7 Å². The van der Waals surface area contributed by atoms with Gasteiger partial charge in [-0.25, -0.2) is 31.6 Å². The second-order valence-electron chi connectivity index (χ2n) is 7.43. The van der Waals surface area contributed by atoms with Gasteiger partial charge in [0, 0.05) is 22.3 Å². The fourth-order valence-electron chi connectivity index (χ4n) is 3.53. The number of hydrogen-bond donors (Lipinski definition) is 2. The predicted molar refractivity (Wildman–Crippen MR) is 122 cm³/mol. The molecule has 2 heterocycles. The van der Waals surface area contributed by atoms with E-state index in [1.165, 1.54) is 42.7 Å². The van der Waals surface area contributed by atoms with E-state index in [9.17, 15) is 17.2 Å². The van der Waals surface area contributed by atoms with Crippen molar-refractivity contribution < 1.29 is 21.6 Å². The highest BCUT2D eigenvalue weighted by atomic mass is 32.2. The third kappa shape index (κ3) is 4.11. The summed E-state index contributed by atoms with van der Waals surface area (Å²) in [6.07, 6.45) is 1.27. The molecule has 0 saturated carbocycles. The molecule has 3 aromatic carbocycles. The number of halogens is 3. The molecule has 0 atom stereocenters. The third-order valence-electron chi connectivity index (χ3n) is 5.18. The molecule has 34 heavy (non-hydrogen) atoms. The van der Waals surface area contributed by atoms with Gasteiger partial charge < -0.3 is 4.98 Å². The summed E-state index contributed by atoms with van der Waals surface area (Å²) < 4.78 is 69.0. The van der Waals surface area contributed by atoms with Gasteiger partial charge in [0.2, 0.25) is 0 Å². The average molecular weight is 480 g/mol. The average Bonchev–Trinajstić information content (AvgIpc) is 3.25. The number of aromatic nitrogens is 3. The smallest absolute Gasteiger partial charge is 0.261 e. The van der Waals surface area contributed by atoms with Crippen molar-refractivity contribution in [3.63, 3.8) is 0 Å². The van der Waals surface area contributed by atoms with Crippen LogP contribution in [0.1, 0.15) is 0 Å². The molecule has 2 aromatic heterocycles. The van der Waals surface area contributed by atoms with Crippen LogP contribution in [0.25, 0.3) is 33.5 Å². The largest absolute Gasteiger partial charge is 0.339 e. The van der Waals surface area contributed by atoms with E-state index in [1.807, 2.05) is 0 Å². The second-order valence-corrected chi connectivity index (χ2v) is 9.11. The highest BCUT2D eigenvalue weighted by Crippen LogP contribution is 2.32. The summed E-state index contributed by atoms with van der Waals surface area (Å²) in [5, 5.41) is 0.515. The van der Waals surface area contributed by atoms with Gasteiger partial charge in [0.05, 0.1) is 10.6 Å². The quantitative estimate of drug-likeness (QED) is 0.347. The third-order valence-corrected chi connectivity index (χ3v) is 6.56. The Morgan fingerprint density at radius 1 is 0.794 bits per heavy atom. The van der Waals surface area contributed by atoms with Gasteiger partial charge in [-0.2, -0.15) is 0 Å². The van der Waals surface area contributed by atoms with Gasteiger partial charge in [-0.3, -0.25) is 4.72 Å². The molecule has 5 aromatic rings. The van der Waals surface area contributed by atoms with Crippen molar-refractivity contribution in [2.45, 2.75) is 4.90 Å². The minimum atomic E-state index is -4.11. The molecule has 2 N–H and O–H groups in total. The fraction of sp³-hybridized carbons (Fsp3) is 0. The molecule has 0 radical (unpaired) electrons. The number of fused-ring (bicyclic) bond motifs is 1. The Labute approximate surface area is 192 Å². The van der Waals surface area contributed by atoms with E-state index in [0.717, 1.165) is 18.2 Å². The van der Waals surface area contributed by atoms with Crippen molar-refractivity contribution in [3.05, 3.63) is 96.6 Å². The molecule has 0 fully saturated rings. The molecule has 0 unspecified atom stereocenters. The first-order valence-electron chi connectivity index (χ1n) is 9.98. The van der Waals surface area contributed by atoms with Crippen LogP contribution in [0.4, 0.5) is 18.9 Å². The normalized spacial score (nSPS) is 11.6. The summed E-state index contributed by atoms with van der Waals surface area (Å²) >= 11 is 0. The lowest BCUT2D eigenvalue weighted by atomic mass is 10.1. The standard InChI is InChI=1S/C24H15F3N4O2S/c25-15-3-1-14(2-4-15)22-12-20-23(28-13-29-24(20)30-22)19-10-9-18(11-21(19)27)34(32,33)31-17-7-5-16(26)6-8-17/h1-13,31H,(H,28,29,30). The van der Waals surface area contributed by atoms with Crippen molar-refractivity contribution in [1.29, 1.82) is 0 Å². The summed E-state index contributed by atoms with van der Waals surface area (Å²) in [6, 6.07) is 15.8. The van der Waals surface area contributed by atoms with Crippen LogP contribution in [0.2, 0.25) is 0 Å². The molecule has 10 heteroatoms. The summed E-state index contributed by atoms with van der Waals surface area (Å²) in [7, 11) is -4.11. The molecule has 0 saturated heterocycles. The summed E-state index contributed by atoms with van der Waals surface area (Å²) in [6.45, 7) is 0. The second kappa shape index (κ2) is 8.31. The van der Waals surface area contributed by atoms with Crippen molar-refractivity contribution in [2.24, 2.45) is 0 Å². The first-order chi connectivity index (χ1) is 16.3. The number of anilines is 1. The van der Waals surface area contributed by atoms with Crippen LogP contribution in [0.3, 0.4) is 0 Å². The van der Waals surface area contributed by atoms with Crippen molar-refractivity contribution in [3.8, 4) is 22.5 Å². The van der Waals surface area contributed by atoms with E-state index < -0.39 is 21.7 Å². The lowest BCUT2D eigenvalue weighted by Gasteiger charge is -2.10. The number of rotatable bonds is 5. The highest BCUT2D eigenvalue weighted by Gasteiger charge is 2.19. The van der Waals surface area contributed by atoms with E-state index in [4.69, 9.17) is 0 Å². The van der Waals surface area contributed by atoms with Gasteiger partial charge in [-0.1, -0.05) is 0 Å². The van der Waals surface area contributed by atoms with Crippen molar-refractivity contribution in [1.82, 2.24) is 15.0 Å². The minimum absolute atomic E-state index is 0.0813. The molecule has 0 aliphatic heterocycles. The molecule has 0 aliphatic carbocycles. The maximum Gasteiger partial charge on any atom is 0.261 e. The first-order valence-corrected chi connectivity index (χ1v) is 11.5. The Bertz CT molecular complexity index is 1620. The number of nitrogens with one attached hydrogen (secondary N) is 2. The van der Waals surface area contributed by atoms with Gasteiger partial charge in [-0.05, 0) is 78.4 Å². The number of hydrogen-bond acceptors (Lipinski definition) is 4. The summed E-state index contributed by atoms with van der Waals surface area (Å²) in [5.74, 6) is -1.68. The van der Waals surface area contributed by atoms with E-state index in [1.54, 1.807) is 18.2 Å². The Kier molecular flexibility index (Phi) is 5.29. The lowest BCUT2D eigenvalue weighted by molar-refractivity contribution is 0.595. The molecule has 6 nitrogen and oxygen atoms in total. The molecule has 0 aliphatic rings. The van der Waals surface area contributed by atoms with Crippen LogP contribution >= 0.6 is 0 Å². The Balaban J connectivity index is 1.51. The predicted octanol–water partition coefficient (Wildman–Crippen LogP) is 5.51. The van der Waals surface area contributed by atoms with Crippen LogP contribution in [-0.4, -0.2) is 23.4 Å². The van der Waals surface area contributed by atoms with Crippen LogP contribution in [0, 0.1) is 17.5 Å². The number of benzene rings is 3. The maximum absolute atomic E-state index is 15.1. The lowest BCUT2D eigenvalue weighted by Crippen LogP contribution is -2.13. The van der Waals surface area contributed by atoms with Gasteiger partial charge >= 0.3 is 0 Å². The molecular formula is C24H15F3N4O2S. The van der Waals surface area contributed by atoms with Crippen LogP contribution < -0.4 is 4.72 Å². The summed E-state index contributed by atoms with van der Waals surface area (Å²) in [5.41, 5.74) is 2.28. The van der Waals surface area contributed by atoms with Crippen LogP contribution in [-0.2, 0) is 10.0 Å². The monoisotopic (exact) mass is 480 g/mol. The van der Waals surface area contributed by atoms with Crippen molar-refractivity contribution >= 4 is 26.7 Å². The first kappa shape index (κ1) is 21.7. The number of nitrogens with zero attached hydrogens (tertiary/aromatic N) is 2. The zero-order chi connectivity index (χ0) is 23.9. The molecule has 0 amide bonds. The number of sulfonamides is 1. The van der Waals surface area contributed by atoms with Gasteiger partial charge in [0.1, 0.15) is 29.4 Å². The van der Waals surface area contributed by atoms with Crippen LogP contribution in [0.5, 0.6) is 0 Å². The highest BCUT2D eigenvalue weighted by molar-refractivity contribution is 7.92. The minimum Gasteiger partial charge on any atom is -0.339 e. The van der Waals surface area contributed by atoms with Crippen molar-refractivity contribution in [2.75, 3.05) is 4.72 Å². The molecule has 0 bridgehead atoms. The number of aromatic amines is 1. The topological polar surface area (TPSA) is 87.7 Å². The van der Waals surface area contributed by atoms with E-state index in [0.29, 0.717) is 22.3 Å². The zero-order valence-electron chi connectivity index (χ0n) is 17.3. The molecule has 170 valence electrons. The Hall–Kier alpha value is -4.18. The summed E-state index contributed by atoms with van der Waals surface area (Å²) in [4.78, 5) is 11.2.